The lowest BCUT2D eigenvalue weighted by atomic mass is 10.2. The van der Waals surface area contributed by atoms with Gasteiger partial charge in [-0.1, -0.05) is 0 Å². The topological polar surface area (TPSA) is 48.7 Å². The van der Waals surface area contributed by atoms with Gasteiger partial charge in [0.1, 0.15) is 23.5 Å². The van der Waals surface area contributed by atoms with Crippen LogP contribution in [-0.4, -0.2) is 4.98 Å². The molecule has 0 fully saturated rings. The molecule has 2 aromatic rings. The van der Waals surface area contributed by atoms with Gasteiger partial charge in [-0.15, -0.1) is 0 Å². The number of aromatic nitrogens is 1. The average Bonchev–Trinajstić information content (AvgIpc) is 2.33. The highest BCUT2D eigenvalue weighted by molar-refractivity contribution is 5.63. The number of halogens is 2. The third kappa shape index (κ3) is 2.43. The number of nitrogens with zero attached hydrogens (tertiary/aromatic N) is 2. The predicted molar refractivity (Wildman–Crippen MR) is 63.3 cm³/mol. The van der Waals surface area contributed by atoms with Gasteiger partial charge in [-0.3, -0.25) is 0 Å². The first-order valence-corrected chi connectivity index (χ1v) is 5.20. The number of hydrogen-bond donors (Lipinski definition) is 1. The van der Waals surface area contributed by atoms with Crippen molar-refractivity contribution in [2.24, 2.45) is 0 Å². The van der Waals surface area contributed by atoms with Gasteiger partial charge in [0.05, 0.1) is 11.3 Å². The second-order valence-corrected chi connectivity index (χ2v) is 3.71. The Labute approximate surface area is 103 Å². The van der Waals surface area contributed by atoms with E-state index in [1.807, 2.05) is 6.07 Å². The number of pyridine rings is 1. The highest BCUT2D eigenvalue weighted by Crippen LogP contribution is 2.22. The van der Waals surface area contributed by atoms with Gasteiger partial charge in [0, 0.05) is 11.8 Å². The van der Waals surface area contributed by atoms with Crippen molar-refractivity contribution in [1.29, 1.82) is 5.26 Å². The lowest BCUT2D eigenvalue weighted by Crippen LogP contribution is -2.00. The van der Waals surface area contributed by atoms with Crippen molar-refractivity contribution in [1.82, 2.24) is 4.98 Å². The lowest BCUT2D eigenvalue weighted by Gasteiger charge is -2.08. The van der Waals surface area contributed by atoms with Gasteiger partial charge >= 0.3 is 0 Å². The van der Waals surface area contributed by atoms with E-state index >= 15 is 0 Å². The summed E-state index contributed by atoms with van der Waals surface area (Å²) < 4.78 is 26.2. The third-order valence-corrected chi connectivity index (χ3v) is 2.34. The van der Waals surface area contributed by atoms with Crippen molar-refractivity contribution in [3.05, 3.63) is 53.2 Å². The van der Waals surface area contributed by atoms with Gasteiger partial charge < -0.3 is 5.32 Å². The maximum absolute atomic E-state index is 13.5. The van der Waals surface area contributed by atoms with Crippen LogP contribution in [0.5, 0.6) is 0 Å². The highest BCUT2D eigenvalue weighted by Gasteiger charge is 2.08. The number of hydrogen-bond acceptors (Lipinski definition) is 3. The van der Waals surface area contributed by atoms with Crippen molar-refractivity contribution in [2.75, 3.05) is 5.32 Å². The first-order valence-electron chi connectivity index (χ1n) is 5.20. The van der Waals surface area contributed by atoms with Gasteiger partial charge in [-0.2, -0.15) is 5.26 Å². The zero-order valence-corrected chi connectivity index (χ0v) is 9.54. The molecule has 3 nitrogen and oxygen atoms in total. The molecule has 0 unspecified atom stereocenters. The monoisotopic (exact) mass is 245 g/mol. The van der Waals surface area contributed by atoms with Gasteiger partial charge in [-0.05, 0) is 31.2 Å². The molecule has 1 aromatic heterocycles. The summed E-state index contributed by atoms with van der Waals surface area (Å²) in [6.45, 7) is 1.76. The average molecular weight is 245 g/mol. The van der Waals surface area contributed by atoms with Gasteiger partial charge in [-0.25, -0.2) is 13.8 Å². The largest absolute Gasteiger partial charge is 0.337 e. The van der Waals surface area contributed by atoms with E-state index in [-0.39, 0.29) is 11.5 Å². The van der Waals surface area contributed by atoms with E-state index in [9.17, 15) is 8.78 Å². The minimum Gasteiger partial charge on any atom is -0.337 e. The highest BCUT2D eigenvalue weighted by atomic mass is 19.1. The first kappa shape index (κ1) is 12.0. The molecular weight excluding hydrogens is 236 g/mol. The van der Waals surface area contributed by atoms with Crippen molar-refractivity contribution < 1.29 is 8.78 Å². The molecular formula is C13H9F2N3. The lowest BCUT2D eigenvalue weighted by molar-refractivity contribution is 0.586. The van der Waals surface area contributed by atoms with Crippen LogP contribution in [0.25, 0.3) is 0 Å². The fraction of sp³-hybridized carbons (Fsp3) is 0.0769. The molecule has 0 saturated carbocycles. The number of nitriles is 1. The summed E-state index contributed by atoms with van der Waals surface area (Å²) in [6, 6.07) is 8.39. The zero-order valence-electron chi connectivity index (χ0n) is 9.54. The fourth-order valence-electron chi connectivity index (χ4n) is 1.46. The molecule has 1 aromatic carbocycles. The van der Waals surface area contributed by atoms with Crippen LogP contribution in [0.1, 0.15) is 11.3 Å². The summed E-state index contributed by atoms with van der Waals surface area (Å²) in [6.07, 6.45) is 0. The molecule has 5 heteroatoms. The standard InChI is InChI=1S/C13H9F2N3/c1-8-2-3-9(7-16)13(17-8)18-12-5-4-10(14)6-11(12)15/h2-6H,1H3,(H,17,18). The molecule has 0 aliphatic heterocycles. The molecule has 0 radical (unpaired) electrons. The second-order valence-electron chi connectivity index (χ2n) is 3.71. The Morgan fingerprint density at radius 1 is 1.22 bits per heavy atom. The Morgan fingerprint density at radius 2 is 2.00 bits per heavy atom. The van der Waals surface area contributed by atoms with Crippen LogP contribution in [-0.2, 0) is 0 Å². The Morgan fingerprint density at radius 3 is 2.67 bits per heavy atom. The number of anilines is 2. The number of aryl methyl sites for hydroxylation is 1. The van der Waals surface area contributed by atoms with Crippen LogP contribution >= 0.6 is 0 Å². The van der Waals surface area contributed by atoms with Gasteiger partial charge in [0.2, 0.25) is 0 Å². The molecule has 18 heavy (non-hydrogen) atoms. The minimum absolute atomic E-state index is 0.0750. The summed E-state index contributed by atoms with van der Waals surface area (Å²) in [4.78, 5) is 4.11. The number of benzene rings is 1. The normalized spacial score (nSPS) is 9.89. The van der Waals surface area contributed by atoms with E-state index in [4.69, 9.17) is 5.26 Å². The summed E-state index contributed by atoms with van der Waals surface area (Å²) in [5.74, 6) is -1.14. The molecule has 0 aliphatic carbocycles. The zero-order chi connectivity index (χ0) is 13.1. The van der Waals surface area contributed by atoms with Crippen LogP contribution in [0.3, 0.4) is 0 Å². The van der Waals surface area contributed by atoms with Crippen LogP contribution in [0, 0.1) is 29.9 Å². The quantitative estimate of drug-likeness (QED) is 0.883. The molecule has 0 spiro atoms. The molecule has 0 saturated heterocycles. The Balaban J connectivity index is 2.40. The van der Waals surface area contributed by atoms with Crippen molar-refractivity contribution in [2.45, 2.75) is 6.92 Å². The third-order valence-electron chi connectivity index (χ3n) is 2.34. The van der Waals surface area contributed by atoms with E-state index in [2.05, 4.69) is 10.3 Å². The molecule has 0 atom stereocenters. The van der Waals surface area contributed by atoms with Gasteiger partial charge in [0.25, 0.3) is 0 Å². The van der Waals surface area contributed by atoms with Crippen LogP contribution in [0.15, 0.2) is 30.3 Å². The van der Waals surface area contributed by atoms with E-state index in [0.717, 1.165) is 12.1 Å². The van der Waals surface area contributed by atoms with E-state index in [1.165, 1.54) is 6.07 Å². The molecule has 0 aliphatic rings. The van der Waals surface area contributed by atoms with Crippen LogP contribution in [0.2, 0.25) is 0 Å². The molecule has 1 N–H and O–H groups in total. The SMILES string of the molecule is Cc1ccc(C#N)c(Nc2ccc(F)cc2F)n1. The molecule has 2 rings (SSSR count). The molecule has 0 bridgehead atoms. The van der Waals surface area contributed by atoms with Crippen LogP contribution < -0.4 is 5.32 Å². The molecule has 1 heterocycles. The summed E-state index contributed by atoms with van der Waals surface area (Å²) in [5.41, 5.74) is 1.06. The maximum Gasteiger partial charge on any atom is 0.149 e. The molecule has 0 amide bonds. The maximum atomic E-state index is 13.5. The van der Waals surface area contributed by atoms with Crippen molar-refractivity contribution >= 4 is 11.5 Å². The minimum atomic E-state index is -0.734. The first-order chi connectivity index (χ1) is 8.60. The molecule has 90 valence electrons. The van der Waals surface area contributed by atoms with E-state index < -0.39 is 11.6 Å². The van der Waals surface area contributed by atoms with Crippen molar-refractivity contribution in [3.63, 3.8) is 0 Å². The predicted octanol–water partition coefficient (Wildman–Crippen LogP) is 3.28. The summed E-state index contributed by atoms with van der Waals surface area (Å²) in [7, 11) is 0. The number of nitrogens with one attached hydrogen (secondary N) is 1. The fourth-order valence-corrected chi connectivity index (χ4v) is 1.46. The Bertz CT molecular complexity index is 633. The summed E-state index contributed by atoms with van der Waals surface area (Å²) in [5, 5.41) is 11.6. The number of rotatable bonds is 2. The van der Waals surface area contributed by atoms with Gasteiger partial charge in [0.15, 0.2) is 0 Å². The smallest absolute Gasteiger partial charge is 0.149 e. The Kier molecular flexibility index (Phi) is 3.20. The Hall–Kier alpha value is -2.48. The van der Waals surface area contributed by atoms with E-state index in [0.29, 0.717) is 11.3 Å². The second kappa shape index (κ2) is 4.80. The van der Waals surface area contributed by atoms with E-state index in [1.54, 1.807) is 19.1 Å². The van der Waals surface area contributed by atoms with Crippen molar-refractivity contribution in [3.8, 4) is 6.07 Å². The van der Waals surface area contributed by atoms with Crippen LogP contribution in [0.4, 0.5) is 20.3 Å². The summed E-state index contributed by atoms with van der Waals surface area (Å²) >= 11 is 0.